The molecule has 0 aliphatic heterocycles. The lowest BCUT2D eigenvalue weighted by atomic mass is 9.99. The second-order valence-electron chi connectivity index (χ2n) is 4.78. The molecule has 0 spiro atoms. The molecule has 2 atom stereocenters. The van der Waals surface area contributed by atoms with Crippen molar-refractivity contribution in [1.82, 2.24) is 10.2 Å². The minimum atomic E-state index is -0.0642. The van der Waals surface area contributed by atoms with Crippen LogP contribution in [0.15, 0.2) is 0 Å². The maximum atomic E-state index is 11.6. The van der Waals surface area contributed by atoms with Gasteiger partial charge in [-0.2, -0.15) is 0 Å². The highest BCUT2D eigenvalue weighted by Crippen LogP contribution is 2.11. The molecule has 0 aromatic heterocycles. The van der Waals surface area contributed by atoms with Gasteiger partial charge in [0.15, 0.2) is 0 Å². The van der Waals surface area contributed by atoms with Crippen LogP contribution >= 0.6 is 0 Å². The number of carbonyl (C=O) groups excluding carboxylic acids is 1. The monoisotopic (exact) mass is 228 g/mol. The van der Waals surface area contributed by atoms with E-state index < -0.39 is 0 Å². The van der Waals surface area contributed by atoms with Crippen LogP contribution < -0.4 is 5.32 Å². The molecule has 0 aromatic rings. The Morgan fingerprint density at radius 3 is 2.38 bits per heavy atom. The lowest BCUT2D eigenvalue weighted by Gasteiger charge is -2.21. The van der Waals surface area contributed by atoms with Crippen LogP contribution in [0.25, 0.3) is 0 Å². The Bertz CT molecular complexity index is 192. The van der Waals surface area contributed by atoms with Crippen molar-refractivity contribution in [3.63, 3.8) is 0 Å². The molecule has 0 fully saturated rings. The van der Waals surface area contributed by atoms with Crippen LogP contribution in [0, 0.1) is 5.92 Å². The van der Waals surface area contributed by atoms with Crippen LogP contribution in [-0.4, -0.2) is 37.5 Å². The van der Waals surface area contributed by atoms with Crippen LogP contribution in [-0.2, 0) is 4.79 Å². The molecule has 2 unspecified atom stereocenters. The van der Waals surface area contributed by atoms with Crippen molar-refractivity contribution in [3.05, 3.63) is 0 Å². The van der Waals surface area contributed by atoms with E-state index in [0.717, 1.165) is 6.54 Å². The molecule has 3 heteroatoms. The number of carbonyl (C=O) groups is 1. The van der Waals surface area contributed by atoms with Gasteiger partial charge in [0.2, 0.25) is 5.91 Å². The van der Waals surface area contributed by atoms with Crippen molar-refractivity contribution in [1.29, 1.82) is 0 Å². The average Bonchev–Trinajstić information content (AvgIpc) is 2.27. The summed E-state index contributed by atoms with van der Waals surface area (Å²) in [5.74, 6) is 0.864. The van der Waals surface area contributed by atoms with Gasteiger partial charge >= 0.3 is 0 Å². The molecule has 0 radical (unpaired) electrons. The number of hydrogen-bond acceptors (Lipinski definition) is 2. The van der Waals surface area contributed by atoms with E-state index in [1.807, 2.05) is 6.92 Å². The maximum Gasteiger partial charge on any atom is 0.238 e. The lowest BCUT2D eigenvalue weighted by molar-refractivity contribution is -0.130. The van der Waals surface area contributed by atoms with Gasteiger partial charge in [-0.25, -0.2) is 0 Å². The summed E-state index contributed by atoms with van der Waals surface area (Å²) in [5, 5.41) is 3.33. The van der Waals surface area contributed by atoms with E-state index in [0.29, 0.717) is 5.92 Å². The molecule has 0 aliphatic rings. The van der Waals surface area contributed by atoms with Gasteiger partial charge in [-0.05, 0) is 25.8 Å². The Morgan fingerprint density at radius 1 is 1.31 bits per heavy atom. The van der Waals surface area contributed by atoms with Crippen LogP contribution in [0.3, 0.4) is 0 Å². The molecule has 0 rings (SSSR count). The van der Waals surface area contributed by atoms with E-state index in [9.17, 15) is 4.79 Å². The molecule has 1 amide bonds. The number of unbranched alkanes of at least 4 members (excludes halogenated alkanes) is 1. The Hall–Kier alpha value is -0.570. The number of likely N-dealkylation sites (N-methyl/N-ethyl adjacent to an activating group) is 1. The van der Waals surface area contributed by atoms with E-state index in [1.54, 1.807) is 19.0 Å². The smallest absolute Gasteiger partial charge is 0.238 e. The van der Waals surface area contributed by atoms with Gasteiger partial charge < -0.3 is 10.2 Å². The van der Waals surface area contributed by atoms with E-state index in [2.05, 4.69) is 19.2 Å². The van der Waals surface area contributed by atoms with E-state index in [-0.39, 0.29) is 11.9 Å². The van der Waals surface area contributed by atoms with Crippen LogP contribution in [0.2, 0.25) is 0 Å². The van der Waals surface area contributed by atoms with Gasteiger partial charge in [-0.1, -0.05) is 33.1 Å². The summed E-state index contributed by atoms with van der Waals surface area (Å²) in [6, 6.07) is -0.0642. The zero-order chi connectivity index (χ0) is 12.6. The number of hydrogen-bond donors (Lipinski definition) is 1. The largest absolute Gasteiger partial charge is 0.347 e. The number of nitrogens with one attached hydrogen (secondary N) is 1. The Labute approximate surface area is 101 Å². The summed E-state index contributed by atoms with van der Waals surface area (Å²) in [6.45, 7) is 7.34. The summed E-state index contributed by atoms with van der Waals surface area (Å²) in [6.07, 6.45) is 5.00. The van der Waals surface area contributed by atoms with Crippen molar-refractivity contribution < 1.29 is 4.79 Å². The molecular weight excluding hydrogens is 200 g/mol. The third kappa shape index (κ3) is 6.11. The minimum Gasteiger partial charge on any atom is -0.347 e. The highest BCUT2D eigenvalue weighted by Gasteiger charge is 2.15. The second-order valence-corrected chi connectivity index (χ2v) is 4.78. The van der Waals surface area contributed by atoms with Gasteiger partial charge in [0, 0.05) is 14.1 Å². The molecular formula is C13H28N2O. The van der Waals surface area contributed by atoms with Crippen molar-refractivity contribution in [2.75, 3.05) is 20.6 Å². The fourth-order valence-corrected chi connectivity index (χ4v) is 1.76. The zero-order valence-corrected chi connectivity index (χ0v) is 11.5. The van der Waals surface area contributed by atoms with Gasteiger partial charge in [0.25, 0.3) is 0 Å². The normalized spacial score (nSPS) is 14.6. The Kier molecular flexibility index (Phi) is 8.26. The highest BCUT2D eigenvalue weighted by atomic mass is 16.2. The quantitative estimate of drug-likeness (QED) is 0.691. The van der Waals surface area contributed by atoms with Crippen molar-refractivity contribution in [3.8, 4) is 0 Å². The zero-order valence-electron chi connectivity index (χ0n) is 11.5. The highest BCUT2D eigenvalue weighted by molar-refractivity contribution is 5.80. The lowest BCUT2D eigenvalue weighted by Crippen LogP contribution is -2.43. The first-order valence-electron chi connectivity index (χ1n) is 6.47. The van der Waals surface area contributed by atoms with E-state index in [4.69, 9.17) is 0 Å². The second kappa shape index (κ2) is 8.57. The van der Waals surface area contributed by atoms with Crippen LogP contribution in [0.5, 0.6) is 0 Å². The Morgan fingerprint density at radius 2 is 1.94 bits per heavy atom. The van der Waals surface area contributed by atoms with Crippen molar-refractivity contribution in [2.45, 2.75) is 52.5 Å². The maximum absolute atomic E-state index is 11.6. The van der Waals surface area contributed by atoms with Crippen LogP contribution in [0.1, 0.15) is 46.5 Å². The van der Waals surface area contributed by atoms with Crippen molar-refractivity contribution in [2.24, 2.45) is 5.92 Å². The summed E-state index contributed by atoms with van der Waals surface area (Å²) in [5.41, 5.74) is 0. The minimum absolute atomic E-state index is 0.0642. The van der Waals surface area contributed by atoms with Crippen molar-refractivity contribution >= 4 is 5.91 Å². The molecule has 3 nitrogen and oxygen atoms in total. The Balaban J connectivity index is 3.87. The SMILES string of the molecule is CCCCC(CC)CNC(C)C(=O)N(C)C. The molecule has 1 N–H and O–H groups in total. The molecule has 16 heavy (non-hydrogen) atoms. The number of nitrogens with zero attached hydrogens (tertiary/aromatic N) is 1. The predicted molar refractivity (Wildman–Crippen MR) is 69.5 cm³/mol. The third-order valence-electron chi connectivity index (χ3n) is 3.07. The van der Waals surface area contributed by atoms with E-state index >= 15 is 0 Å². The fraction of sp³-hybridized carbons (Fsp3) is 0.923. The summed E-state index contributed by atoms with van der Waals surface area (Å²) >= 11 is 0. The summed E-state index contributed by atoms with van der Waals surface area (Å²) < 4.78 is 0. The molecule has 0 aliphatic carbocycles. The molecule has 0 aromatic carbocycles. The topological polar surface area (TPSA) is 32.3 Å². The molecule has 96 valence electrons. The van der Waals surface area contributed by atoms with Gasteiger partial charge in [-0.15, -0.1) is 0 Å². The summed E-state index contributed by atoms with van der Waals surface area (Å²) in [4.78, 5) is 13.3. The van der Waals surface area contributed by atoms with Gasteiger partial charge in [0.1, 0.15) is 0 Å². The summed E-state index contributed by atoms with van der Waals surface area (Å²) in [7, 11) is 3.60. The molecule has 0 saturated heterocycles. The first-order chi connectivity index (χ1) is 7.52. The standard InChI is InChI=1S/C13H28N2O/c1-6-8-9-12(7-2)10-14-11(3)13(16)15(4)5/h11-12,14H,6-10H2,1-5H3. The first kappa shape index (κ1) is 15.4. The fourth-order valence-electron chi connectivity index (χ4n) is 1.76. The molecule has 0 bridgehead atoms. The van der Waals surface area contributed by atoms with Gasteiger partial charge in [0.05, 0.1) is 6.04 Å². The van der Waals surface area contributed by atoms with E-state index in [1.165, 1.54) is 25.7 Å². The molecule has 0 saturated carbocycles. The third-order valence-corrected chi connectivity index (χ3v) is 3.07. The predicted octanol–water partition coefficient (Wildman–Crippen LogP) is 2.27. The number of rotatable bonds is 8. The number of amides is 1. The van der Waals surface area contributed by atoms with Gasteiger partial charge in [-0.3, -0.25) is 4.79 Å². The van der Waals surface area contributed by atoms with Crippen LogP contribution in [0.4, 0.5) is 0 Å². The molecule has 0 heterocycles. The first-order valence-corrected chi connectivity index (χ1v) is 6.47. The average molecular weight is 228 g/mol.